The Morgan fingerprint density at radius 2 is 2.06 bits per heavy atom. The third-order valence-corrected chi connectivity index (χ3v) is 2.88. The van der Waals surface area contributed by atoms with E-state index in [1.165, 1.54) is 20.4 Å². The van der Waals surface area contributed by atoms with E-state index in [2.05, 4.69) is 9.97 Å². The molecular weight excluding hydrogens is 208 g/mol. The fourth-order valence-corrected chi connectivity index (χ4v) is 1.45. The lowest BCUT2D eigenvalue weighted by Gasteiger charge is -2.10. The van der Waals surface area contributed by atoms with Crippen molar-refractivity contribution in [3.05, 3.63) is 11.9 Å². The van der Waals surface area contributed by atoms with Crippen LogP contribution in [0.1, 0.15) is 30.3 Å². The molecule has 0 saturated heterocycles. The van der Waals surface area contributed by atoms with Crippen molar-refractivity contribution in [3.8, 4) is 11.8 Å². The Labute approximate surface area is 93.8 Å². The fraction of sp³-hybridized carbons (Fsp3) is 0.545. The van der Waals surface area contributed by atoms with E-state index >= 15 is 0 Å². The van der Waals surface area contributed by atoms with Crippen molar-refractivity contribution in [2.24, 2.45) is 5.41 Å². The Morgan fingerprint density at radius 3 is 2.56 bits per heavy atom. The molecule has 0 N–H and O–H groups in total. The Hall–Kier alpha value is -1.65. The van der Waals surface area contributed by atoms with Gasteiger partial charge >= 0.3 is 0 Å². The van der Waals surface area contributed by atoms with Gasteiger partial charge in [0.2, 0.25) is 11.8 Å². The van der Waals surface area contributed by atoms with Crippen LogP contribution in [0.15, 0.2) is 6.20 Å². The second-order valence-corrected chi connectivity index (χ2v) is 4.16. The summed E-state index contributed by atoms with van der Waals surface area (Å²) in [6.45, 7) is 1.93. The molecule has 0 unspecified atom stereocenters. The smallest absolute Gasteiger partial charge is 0.246 e. The van der Waals surface area contributed by atoms with Gasteiger partial charge in [-0.2, -0.15) is 4.98 Å². The van der Waals surface area contributed by atoms with Crippen molar-refractivity contribution in [2.75, 3.05) is 14.2 Å². The van der Waals surface area contributed by atoms with Crippen molar-refractivity contribution in [1.29, 1.82) is 0 Å². The predicted octanol–water partition coefficient (Wildman–Crippen LogP) is 1.48. The van der Waals surface area contributed by atoms with Gasteiger partial charge in [-0.15, -0.1) is 0 Å². The SMILES string of the molecule is COc1cnc(C(=O)C2(C)CC2)c(OC)n1. The first-order valence-electron chi connectivity index (χ1n) is 5.10. The molecule has 1 aliphatic rings. The van der Waals surface area contributed by atoms with Crippen molar-refractivity contribution in [1.82, 2.24) is 9.97 Å². The molecule has 1 aliphatic carbocycles. The third-order valence-electron chi connectivity index (χ3n) is 2.88. The second kappa shape index (κ2) is 3.73. The summed E-state index contributed by atoms with van der Waals surface area (Å²) in [7, 11) is 2.96. The fourth-order valence-electron chi connectivity index (χ4n) is 1.45. The van der Waals surface area contributed by atoms with Gasteiger partial charge in [0, 0.05) is 5.41 Å². The number of hydrogen-bond donors (Lipinski definition) is 0. The molecule has 5 nitrogen and oxygen atoms in total. The van der Waals surface area contributed by atoms with E-state index in [1.54, 1.807) is 0 Å². The van der Waals surface area contributed by atoms with Crippen LogP contribution >= 0.6 is 0 Å². The molecule has 2 rings (SSSR count). The highest BCUT2D eigenvalue weighted by Crippen LogP contribution is 2.48. The minimum absolute atomic E-state index is 0.000460. The molecule has 0 amide bonds. The van der Waals surface area contributed by atoms with Crippen LogP contribution in [-0.2, 0) is 0 Å². The highest BCUT2D eigenvalue weighted by atomic mass is 16.5. The lowest BCUT2D eigenvalue weighted by Crippen LogP contribution is -2.16. The molecule has 1 aromatic rings. The second-order valence-electron chi connectivity index (χ2n) is 4.16. The molecule has 16 heavy (non-hydrogen) atoms. The van der Waals surface area contributed by atoms with Gasteiger partial charge in [-0.25, -0.2) is 4.98 Å². The molecule has 1 fully saturated rings. The molecule has 0 radical (unpaired) electrons. The van der Waals surface area contributed by atoms with Crippen LogP contribution in [0.5, 0.6) is 11.8 Å². The monoisotopic (exact) mass is 222 g/mol. The Kier molecular flexibility index (Phi) is 2.53. The van der Waals surface area contributed by atoms with Gasteiger partial charge in [-0.1, -0.05) is 6.92 Å². The van der Waals surface area contributed by atoms with Gasteiger partial charge < -0.3 is 9.47 Å². The van der Waals surface area contributed by atoms with Gasteiger partial charge in [0.1, 0.15) is 0 Å². The number of methoxy groups -OCH3 is 2. The zero-order valence-corrected chi connectivity index (χ0v) is 9.61. The lowest BCUT2D eigenvalue weighted by molar-refractivity contribution is 0.0902. The molecule has 1 saturated carbocycles. The topological polar surface area (TPSA) is 61.3 Å². The quantitative estimate of drug-likeness (QED) is 0.722. The van der Waals surface area contributed by atoms with E-state index in [-0.39, 0.29) is 17.1 Å². The first kappa shape index (κ1) is 10.9. The Balaban J connectivity index is 2.36. The van der Waals surface area contributed by atoms with Gasteiger partial charge in [0.25, 0.3) is 0 Å². The number of hydrogen-bond acceptors (Lipinski definition) is 5. The summed E-state index contributed by atoms with van der Waals surface area (Å²) in [6.07, 6.45) is 3.24. The minimum Gasteiger partial charge on any atom is -0.480 e. The number of Topliss-reactive ketones (excluding diaryl/α,β-unsaturated/α-hetero) is 1. The van der Waals surface area contributed by atoms with Crippen molar-refractivity contribution < 1.29 is 14.3 Å². The van der Waals surface area contributed by atoms with E-state index in [0.29, 0.717) is 11.6 Å². The zero-order valence-electron chi connectivity index (χ0n) is 9.61. The number of nitrogens with zero attached hydrogens (tertiary/aromatic N) is 2. The maximum atomic E-state index is 12.1. The maximum Gasteiger partial charge on any atom is 0.246 e. The van der Waals surface area contributed by atoms with E-state index in [1.807, 2.05) is 6.92 Å². The predicted molar refractivity (Wildman–Crippen MR) is 56.8 cm³/mol. The van der Waals surface area contributed by atoms with Crippen molar-refractivity contribution >= 4 is 5.78 Å². The summed E-state index contributed by atoms with van der Waals surface area (Å²) < 4.78 is 9.99. The number of ether oxygens (including phenoxy) is 2. The molecule has 5 heteroatoms. The first-order chi connectivity index (χ1) is 7.60. The van der Waals surface area contributed by atoms with Crippen LogP contribution < -0.4 is 9.47 Å². The summed E-state index contributed by atoms with van der Waals surface area (Å²) in [5.74, 6) is 0.575. The summed E-state index contributed by atoms with van der Waals surface area (Å²) in [5.41, 5.74) is 0.0274. The summed E-state index contributed by atoms with van der Waals surface area (Å²) in [6, 6.07) is 0. The molecule has 0 atom stereocenters. The average molecular weight is 222 g/mol. The Morgan fingerprint density at radius 1 is 1.38 bits per heavy atom. The molecule has 0 aliphatic heterocycles. The van der Waals surface area contributed by atoms with Crippen LogP contribution in [0.2, 0.25) is 0 Å². The molecule has 1 aromatic heterocycles. The average Bonchev–Trinajstić information content (AvgIpc) is 3.06. The van der Waals surface area contributed by atoms with Crippen LogP contribution in [0.25, 0.3) is 0 Å². The highest BCUT2D eigenvalue weighted by molar-refractivity contribution is 6.02. The summed E-state index contributed by atoms with van der Waals surface area (Å²) >= 11 is 0. The molecule has 86 valence electrons. The summed E-state index contributed by atoms with van der Waals surface area (Å²) in [4.78, 5) is 20.2. The van der Waals surface area contributed by atoms with E-state index < -0.39 is 0 Å². The molecule has 0 aromatic carbocycles. The van der Waals surface area contributed by atoms with Crippen molar-refractivity contribution in [2.45, 2.75) is 19.8 Å². The molecule has 1 heterocycles. The minimum atomic E-state index is -0.267. The molecular formula is C11H14N2O3. The van der Waals surface area contributed by atoms with Gasteiger partial charge in [0.15, 0.2) is 11.5 Å². The highest BCUT2D eigenvalue weighted by Gasteiger charge is 2.46. The standard InChI is InChI=1S/C11H14N2O3/c1-11(4-5-11)9(14)8-10(16-3)13-7(15-2)6-12-8/h6H,4-5H2,1-3H3. The molecule has 0 spiro atoms. The number of carbonyl (C=O) groups excluding carboxylic acids is 1. The zero-order chi connectivity index (χ0) is 11.8. The Bertz CT molecular complexity index is 427. The first-order valence-corrected chi connectivity index (χ1v) is 5.10. The maximum absolute atomic E-state index is 12.1. The third kappa shape index (κ3) is 1.73. The number of rotatable bonds is 4. The largest absolute Gasteiger partial charge is 0.480 e. The van der Waals surface area contributed by atoms with Gasteiger partial charge in [-0.05, 0) is 12.8 Å². The van der Waals surface area contributed by atoms with E-state index in [0.717, 1.165) is 12.8 Å². The van der Waals surface area contributed by atoms with Crippen LogP contribution in [0, 0.1) is 5.41 Å². The normalized spacial score (nSPS) is 16.7. The van der Waals surface area contributed by atoms with Crippen LogP contribution in [-0.4, -0.2) is 30.0 Å². The van der Waals surface area contributed by atoms with Crippen molar-refractivity contribution in [3.63, 3.8) is 0 Å². The number of aromatic nitrogens is 2. The van der Waals surface area contributed by atoms with E-state index in [9.17, 15) is 4.79 Å². The van der Waals surface area contributed by atoms with Gasteiger partial charge in [-0.3, -0.25) is 4.79 Å². The van der Waals surface area contributed by atoms with Crippen LogP contribution in [0.3, 0.4) is 0 Å². The number of carbonyl (C=O) groups is 1. The summed E-state index contributed by atoms with van der Waals surface area (Å²) in [5, 5.41) is 0. The van der Waals surface area contributed by atoms with E-state index in [4.69, 9.17) is 9.47 Å². The van der Waals surface area contributed by atoms with Gasteiger partial charge in [0.05, 0.1) is 20.4 Å². The molecule has 0 bridgehead atoms. The van der Waals surface area contributed by atoms with Crippen LogP contribution in [0.4, 0.5) is 0 Å². The lowest BCUT2D eigenvalue weighted by atomic mass is 10.0. The number of ketones is 1.